The van der Waals surface area contributed by atoms with Crippen LogP contribution in [0.4, 0.5) is 0 Å². The minimum atomic E-state index is -0.237. The van der Waals surface area contributed by atoms with E-state index in [9.17, 15) is 4.79 Å². The molecule has 0 aliphatic carbocycles. The van der Waals surface area contributed by atoms with Crippen molar-refractivity contribution in [3.63, 3.8) is 0 Å². The fourth-order valence-electron chi connectivity index (χ4n) is 3.40. The molecule has 146 valence electrons. The van der Waals surface area contributed by atoms with Crippen molar-refractivity contribution >= 4 is 11.6 Å². The molecule has 29 heavy (non-hydrogen) atoms. The Balaban J connectivity index is 1.28. The van der Waals surface area contributed by atoms with E-state index in [0.717, 1.165) is 28.9 Å². The van der Waals surface area contributed by atoms with E-state index in [0.29, 0.717) is 30.6 Å². The monoisotopic (exact) mass is 389 g/mol. The molecule has 4 aromatic rings. The van der Waals surface area contributed by atoms with Crippen molar-refractivity contribution in [2.24, 2.45) is 0 Å². The first-order valence-corrected chi connectivity index (χ1v) is 9.49. The second-order valence-electron chi connectivity index (χ2n) is 7.05. The summed E-state index contributed by atoms with van der Waals surface area (Å²) in [6.45, 7) is 2.97. The van der Waals surface area contributed by atoms with Gasteiger partial charge in [0.05, 0.1) is 12.2 Å². The van der Waals surface area contributed by atoms with Gasteiger partial charge in [-0.1, -0.05) is 30.3 Å². The minimum Gasteiger partial charge on any atom is -0.492 e. The Bertz CT molecular complexity index is 1160. The number of aromatic nitrogens is 4. The lowest BCUT2D eigenvalue weighted by molar-refractivity contribution is 0.0947. The van der Waals surface area contributed by atoms with Crippen molar-refractivity contribution < 1.29 is 14.1 Å². The topological polar surface area (TPSA) is 94.6 Å². The lowest BCUT2D eigenvalue weighted by Gasteiger charge is -2.07. The molecule has 0 fully saturated rings. The zero-order valence-corrected chi connectivity index (χ0v) is 15.8. The molecular formula is C21H19N5O3. The minimum absolute atomic E-state index is 0.119. The number of para-hydroxylation sites is 1. The predicted octanol–water partition coefficient (Wildman–Crippen LogP) is 2.85. The number of ether oxygens (including phenoxy) is 1. The Hall–Kier alpha value is -3.68. The van der Waals surface area contributed by atoms with Crippen molar-refractivity contribution in [2.75, 3.05) is 13.2 Å². The number of hydrogen-bond donors (Lipinski definition) is 1. The lowest BCUT2D eigenvalue weighted by Crippen LogP contribution is -2.28. The van der Waals surface area contributed by atoms with Gasteiger partial charge >= 0.3 is 0 Å². The van der Waals surface area contributed by atoms with Crippen LogP contribution in [0, 0.1) is 0 Å². The molecule has 1 aromatic carbocycles. The lowest BCUT2D eigenvalue weighted by atomic mass is 10.1. The molecule has 0 saturated carbocycles. The quantitative estimate of drug-likeness (QED) is 0.564. The molecular weight excluding hydrogens is 370 g/mol. The Morgan fingerprint density at radius 1 is 1.24 bits per heavy atom. The van der Waals surface area contributed by atoms with Crippen LogP contribution in [-0.4, -0.2) is 38.6 Å². The van der Waals surface area contributed by atoms with Crippen molar-refractivity contribution in [1.29, 1.82) is 0 Å². The predicted molar refractivity (Wildman–Crippen MR) is 105 cm³/mol. The van der Waals surface area contributed by atoms with E-state index in [1.807, 2.05) is 53.9 Å². The van der Waals surface area contributed by atoms with Gasteiger partial charge in [0.1, 0.15) is 17.1 Å². The number of fused-ring (bicyclic) bond motifs is 2. The number of hydrogen-bond acceptors (Lipinski definition) is 6. The molecule has 8 heteroatoms. The maximum atomic E-state index is 12.4. The van der Waals surface area contributed by atoms with Crippen LogP contribution in [0.25, 0.3) is 17.1 Å². The van der Waals surface area contributed by atoms with Gasteiger partial charge in [-0.25, -0.2) is 4.98 Å². The summed E-state index contributed by atoms with van der Waals surface area (Å²) < 4.78 is 13.0. The van der Waals surface area contributed by atoms with E-state index < -0.39 is 0 Å². The van der Waals surface area contributed by atoms with E-state index in [2.05, 4.69) is 20.4 Å². The van der Waals surface area contributed by atoms with Gasteiger partial charge in [0, 0.05) is 31.3 Å². The summed E-state index contributed by atoms with van der Waals surface area (Å²) >= 11 is 0. The molecule has 0 saturated heterocycles. The van der Waals surface area contributed by atoms with Crippen LogP contribution in [0.5, 0.6) is 5.75 Å². The highest BCUT2D eigenvalue weighted by Crippen LogP contribution is 2.36. The standard InChI is InChI=1S/C21H19N5O3/c1-13(11-22-20(27)16-12-26-9-3-2-7-17(26)23-16)19-24-21(29-25-19)15-6-4-5-14-8-10-28-18(14)15/h2-7,9,12-13H,8,10-11H2,1H3,(H,22,27). The summed E-state index contributed by atoms with van der Waals surface area (Å²) in [6, 6.07) is 11.5. The van der Waals surface area contributed by atoms with Gasteiger partial charge in [-0.05, 0) is 23.8 Å². The first-order valence-electron chi connectivity index (χ1n) is 9.49. The van der Waals surface area contributed by atoms with Gasteiger partial charge < -0.3 is 19.0 Å². The van der Waals surface area contributed by atoms with Crippen LogP contribution in [0.3, 0.4) is 0 Å². The highest BCUT2D eigenvalue weighted by molar-refractivity contribution is 5.92. The third kappa shape index (κ3) is 3.22. The van der Waals surface area contributed by atoms with Crippen LogP contribution >= 0.6 is 0 Å². The summed E-state index contributed by atoms with van der Waals surface area (Å²) in [5.74, 6) is 1.42. The van der Waals surface area contributed by atoms with Gasteiger partial charge in [0.2, 0.25) is 0 Å². The number of nitrogens with zero attached hydrogens (tertiary/aromatic N) is 4. The third-order valence-electron chi connectivity index (χ3n) is 4.99. The summed E-state index contributed by atoms with van der Waals surface area (Å²) in [4.78, 5) is 21.3. The Morgan fingerprint density at radius 2 is 2.17 bits per heavy atom. The Morgan fingerprint density at radius 3 is 3.07 bits per heavy atom. The van der Waals surface area contributed by atoms with E-state index in [4.69, 9.17) is 9.26 Å². The number of rotatable bonds is 5. The number of nitrogens with one attached hydrogen (secondary N) is 1. The summed E-state index contributed by atoms with van der Waals surface area (Å²) in [6.07, 6.45) is 4.44. The van der Waals surface area contributed by atoms with Gasteiger partial charge in [-0.3, -0.25) is 4.79 Å². The highest BCUT2D eigenvalue weighted by Gasteiger charge is 2.22. The van der Waals surface area contributed by atoms with Crippen LogP contribution in [0.15, 0.2) is 53.3 Å². The number of pyridine rings is 1. The molecule has 5 rings (SSSR count). The molecule has 1 aliphatic heterocycles. The second kappa shape index (κ2) is 7.05. The Labute approximate surface area is 166 Å². The summed E-state index contributed by atoms with van der Waals surface area (Å²) in [7, 11) is 0. The van der Waals surface area contributed by atoms with Gasteiger partial charge in [-0.2, -0.15) is 4.98 Å². The molecule has 1 atom stereocenters. The molecule has 0 spiro atoms. The number of amides is 1. The van der Waals surface area contributed by atoms with E-state index >= 15 is 0 Å². The van der Waals surface area contributed by atoms with Crippen molar-refractivity contribution in [3.8, 4) is 17.2 Å². The van der Waals surface area contributed by atoms with Gasteiger partial charge in [-0.15, -0.1) is 0 Å². The molecule has 8 nitrogen and oxygen atoms in total. The van der Waals surface area contributed by atoms with Crippen LogP contribution < -0.4 is 10.1 Å². The van der Waals surface area contributed by atoms with Crippen LogP contribution in [0.2, 0.25) is 0 Å². The van der Waals surface area contributed by atoms with Gasteiger partial charge in [0.25, 0.3) is 11.8 Å². The second-order valence-corrected chi connectivity index (χ2v) is 7.05. The Kier molecular flexibility index (Phi) is 4.23. The molecule has 1 aliphatic rings. The molecule has 1 amide bonds. The highest BCUT2D eigenvalue weighted by atomic mass is 16.5. The number of imidazole rings is 1. The SMILES string of the molecule is CC(CNC(=O)c1cn2ccccc2n1)c1noc(-c2cccc3c2OCC3)n1. The molecule has 1 unspecified atom stereocenters. The smallest absolute Gasteiger partial charge is 0.271 e. The number of carbonyl (C=O) groups excluding carboxylic acids is 1. The maximum absolute atomic E-state index is 12.4. The molecule has 0 radical (unpaired) electrons. The first kappa shape index (κ1) is 17.4. The normalized spacial score (nSPS) is 13.8. The molecule has 1 N–H and O–H groups in total. The zero-order valence-electron chi connectivity index (χ0n) is 15.8. The van der Waals surface area contributed by atoms with Crippen molar-refractivity contribution in [1.82, 2.24) is 24.8 Å². The summed E-state index contributed by atoms with van der Waals surface area (Å²) in [5.41, 5.74) is 3.05. The average Bonchev–Trinajstić information content (AvgIpc) is 3.49. The zero-order chi connectivity index (χ0) is 19.8. The van der Waals surface area contributed by atoms with Crippen LogP contribution in [-0.2, 0) is 6.42 Å². The van der Waals surface area contributed by atoms with Crippen LogP contribution in [0.1, 0.15) is 34.7 Å². The molecule has 4 heterocycles. The number of carbonyl (C=O) groups is 1. The first-order chi connectivity index (χ1) is 14.2. The fraction of sp³-hybridized carbons (Fsp3) is 0.238. The average molecular weight is 389 g/mol. The molecule has 0 bridgehead atoms. The van der Waals surface area contributed by atoms with E-state index in [1.54, 1.807) is 6.20 Å². The van der Waals surface area contributed by atoms with E-state index in [1.165, 1.54) is 0 Å². The fourth-order valence-corrected chi connectivity index (χ4v) is 3.40. The van der Waals surface area contributed by atoms with Crippen molar-refractivity contribution in [2.45, 2.75) is 19.3 Å². The van der Waals surface area contributed by atoms with Gasteiger partial charge in [0.15, 0.2) is 5.82 Å². The van der Waals surface area contributed by atoms with Crippen molar-refractivity contribution in [3.05, 3.63) is 65.9 Å². The maximum Gasteiger partial charge on any atom is 0.271 e. The third-order valence-corrected chi connectivity index (χ3v) is 4.99. The number of benzene rings is 1. The summed E-state index contributed by atoms with van der Waals surface area (Å²) in [5, 5.41) is 6.98. The van der Waals surface area contributed by atoms with E-state index in [-0.39, 0.29) is 11.8 Å². The molecule has 3 aromatic heterocycles. The largest absolute Gasteiger partial charge is 0.492 e.